The SMILES string of the molecule is Cc1cc(OCC=C(F)Br)cc(Cl)c1OCCCCOc1ccc(C(F)(F)F)cc1. The highest BCUT2D eigenvalue weighted by Gasteiger charge is 2.29. The Kier molecular flexibility index (Phi) is 9.30. The van der Waals surface area contributed by atoms with Gasteiger partial charge in [0.05, 0.1) is 23.8 Å². The fourth-order valence-corrected chi connectivity index (χ4v) is 2.92. The van der Waals surface area contributed by atoms with Crippen molar-refractivity contribution in [2.45, 2.75) is 25.9 Å². The number of rotatable bonds is 10. The van der Waals surface area contributed by atoms with Gasteiger partial charge in [0.25, 0.3) is 0 Å². The highest BCUT2D eigenvalue weighted by atomic mass is 79.9. The molecule has 0 radical (unpaired) electrons. The molecular weight excluding hydrogens is 492 g/mol. The second-order valence-electron chi connectivity index (χ2n) is 6.28. The zero-order valence-corrected chi connectivity index (χ0v) is 18.4. The van der Waals surface area contributed by atoms with Gasteiger partial charge in [0.2, 0.25) is 0 Å². The summed E-state index contributed by atoms with van der Waals surface area (Å²) in [6.07, 6.45) is -1.80. The molecule has 0 aliphatic heterocycles. The number of halogens is 6. The molecule has 0 fully saturated rings. The fourth-order valence-electron chi connectivity index (χ4n) is 2.47. The van der Waals surface area contributed by atoms with Crippen LogP contribution >= 0.6 is 27.5 Å². The average Bonchev–Trinajstić information content (AvgIpc) is 2.65. The van der Waals surface area contributed by atoms with Crippen molar-refractivity contribution >= 4 is 27.5 Å². The number of ether oxygens (including phenoxy) is 3. The Morgan fingerprint density at radius 3 is 2.20 bits per heavy atom. The van der Waals surface area contributed by atoms with Crippen molar-refractivity contribution in [2.24, 2.45) is 0 Å². The largest absolute Gasteiger partial charge is 0.494 e. The van der Waals surface area contributed by atoms with E-state index in [2.05, 4.69) is 15.9 Å². The topological polar surface area (TPSA) is 27.7 Å². The second kappa shape index (κ2) is 11.5. The summed E-state index contributed by atoms with van der Waals surface area (Å²) >= 11 is 8.91. The van der Waals surface area contributed by atoms with Crippen LogP contribution in [-0.2, 0) is 6.18 Å². The van der Waals surface area contributed by atoms with Crippen molar-refractivity contribution in [3.63, 3.8) is 0 Å². The minimum Gasteiger partial charge on any atom is -0.494 e. The first kappa shape index (κ1) is 24.3. The summed E-state index contributed by atoms with van der Waals surface area (Å²) in [5.41, 5.74) is 0.0699. The normalized spacial score (nSPS) is 12.0. The van der Waals surface area contributed by atoms with E-state index in [1.807, 2.05) is 6.92 Å². The molecule has 0 unspecified atom stereocenters. The minimum atomic E-state index is -4.36. The Hall–Kier alpha value is -1.93. The van der Waals surface area contributed by atoms with Gasteiger partial charge in [0.15, 0.2) is 4.74 Å². The molecule has 0 N–H and O–H groups in total. The van der Waals surface area contributed by atoms with Gasteiger partial charge in [-0.25, -0.2) is 0 Å². The molecule has 2 aromatic rings. The van der Waals surface area contributed by atoms with E-state index in [0.717, 1.165) is 17.7 Å². The van der Waals surface area contributed by atoms with Crippen LogP contribution in [0.5, 0.6) is 17.2 Å². The van der Waals surface area contributed by atoms with Gasteiger partial charge in [-0.2, -0.15) is 17.6 Å². The zero-order valence-electron chi connectivity index (χ0n) is 16.1. The van der Waals surface area contributed by atoms with E-state index >= 15 is 0 Å². The predicted octanol–water partition coefficient (Wildman–Crippen LogP) is 7.49. The minimum absolute atomic E-state index is 0.0615. The highest BCUT2D eigenvalue weighted by molar-refractivity contribution is 9.11. The van der Waals surface area contributed by atoms with Gasteiger partial charge in [-0.05, 0) is 77.7 Å². The van der Waals surface area contributed by atoms with Crippen molar-refractivity contribution < 1.29 is 31.8 Å². The lowest BCUT2D eigenvalue weighted by Gasteiger charge is -2.13. The maximum absolute atomic E-state index is 12.6. The maximum atomic E-state index is 12.6. The quantitative estimate of drug-likeness (QED) is 0.244. The van der Waals surface area contributed by atoms with E-state index < -0.39 is 16.5 Å². The number of unbranched alkanes of at least 4 members (excludes halogenated alkanes) is 1. The fraction of sp³-hybridized carbons (Fsp3) is 0.333. The molecule has 0 atom stereocenters. The monoisotopic (exact) mass is 510 g/mol. The molecule has 0 saturated heterocycles. The Balaban J connectivity index is 1.73. The first-order chi connectivity index (χ1) is 14.2. The van der Waals surface area contributed by atoms with Crippen LogP contribution in [0.2, 0.25) is 5.02 Å². The third-order valence-corrected chi connectivity index (χ3v) is 4.53. The average molecular weight is 512 g/mol. The summed E-state index contributed by atoms with van der Waals surface area (Å²) < 4.78 is 66.2. The first-order valence-corrected chi connectivity index (χ1v) is 10.2. The summed E-state index contributed by atoms with van der Waals surface area (Å²) in [7, 11) is 0. The first-order valence-electron chi connectivity index (χ1n) is 9.04. The Bertz CT molecular complexity index is 827. The molecule has 30 heavy (non-hydrogen) atoms. The number of benzene rings is 2. The smallest absolute Gasteiger partial charge is 0.416 e. The molecular formula is C21H20BrClF4O3. The molecule has 0 saturated carbocycles. The van der Waals surface area contributed by atoms with Crippen LogP contribution in [-0.4, -0.2) is 19.8 Å². The van der Waals surface area contributed by atoms with E-state index in [4.69, 9.17) is 25.8 Å². The molecule has 0 amide bonds. The highest BCUT2D eigenvalue weighted by Crippen LogP contribution is 2.33. The second-order valence-corrected chi connectivity index (χ2v) is 7.45. The van der Waals surface area contributed by atoms with Gasteiger partial charge in [0, 0.05) is 6.07 Å². The molecule has 164 valence electrons. The Labute approximate surface area is 185 Å². The molecule has 0 heterocycles. The third kappa shape index (κ3) is 8.07. The lowest BCUT2D eigenvalue weighted by Crippen LogP contribution is -2.05. The van der Waals surface area contributed by atoms with E-state index in [0.29, 0.717) is 48.3 Å². The van der Waals surface area contributed by atoms with Crippen LogP contribution in [0.1, 0.15) is 24.0 Å². The maximum Gasteiger partial charge on any atom is 0.416 e. The molecule has 0 aromatic heterocycles. The Morgan fingerprint density at radius 2 is 1.63 bits per heavy atom. The van der Waals surface area contributed by atoms with Gasteiger partial charge < -0.3 is 14.2 Å². The number of hydrogen-bond donors (Lipinski definition) is 0. The van der Waals surface area contributed by atoms with Crippen molar-refractivity contribution in [1.29, 1.82) is 0 Å². The van der Waals surface area contributed by atoms with Crippen LogP contribution < -0.4 is 14.2 Å². The zero-order chi connectivity index (χ0) is 22.1. The van der Waals surface area contributed by atoms with Gasteiger partial charge in [-0.1, -0.05) is 11.6 Å². The van der Waals surface area contributed by atoms with Gasteiger partial charge >= 0.3 is 6.18 Å². The van der Waals surface area contributed by atoms with Gasteiger partial charge in [-0.15, -0.1) is 0 Å². The summed E-state index contributed by atoms with van der Waals surface area (Å²) in [5, 5.41) is 0.384. The molecule has 2 rings (SSSR count). The van der Waals surface area contributed by atoms with Crippen LogP contribution in [0.25, 0.3) is 0 Å². The lowest BCUT2D eigenvalue weighted by molar-refractivity contribution is -0.137. The summed E-state index contributed by atoms with van der Waals surface area (Å²) in [6.45, 7) is 2.63. The predicted molar refractivity (Wildman–Crippen MR) is 111 cm³/mol. The van der Waals surface area contributed by atoms with E-state index in [1.165, 1.54) is 18.2 Å². The van der Waals surface area contributed by atoms with Crippen LogP contribution in [0.15, 0.2) is 47.2 Å². The van der Waals surface area contributed by atoms with Crippen molar-refractivity contribution in [3.8, 4) is 17.2 Å². The summed E-state index contributed by atoms with van der Waals surface area (Å²) in [5.74, 6) is 1.42. The van der Waals surface area contributed by atoms with Gasteiger partial charge in [-0.3, -0.25) is 0 Å². The number of alkyl halides is 3. The summed E-state index contributed by atoms with van der Waals surface area (Å²) in [6, 6.07) is 7.92. The van der Waals surface area contributed by atoms with E-state index in [1.54, 1.807) is 12.1 Å². The van der Waals surface area contributed by atoms with Crippen LogP contribution in [0, 0.1) is 6.92 Å². The van der Waals surface area contributed by atoms with Crippen LogP contribution in [0.4, 0.5) is 17.6 Å². The number of hydrogen-bond acceptors (Lipinski definition) is 3. The van der Waals surface area contributed by atoms with Crippen molar-refractivity contribution in [3.05, 3.63) is 63.4 Å². The standard InChI is InChI=1S/C21H20BrClF4O3/c1-14-12-17(29-11-8-19(22)24)13-18(23)20(14)30-10-3-2-9-28-16-6-4-15(5-7-16)21(25,26)27/h4-8,12-13H,2-3,9-11H2,1H3. The molecule has 0 aliphatic carbocycles. The Morgan fingerprint density at radius 1 is 1.00 bits per heavy atom. The van der Waals surface area contributed by atoms with Gasteiger partial charge in [0.1, 0.15) is 23.9 Å². The molecule has 9 heteroatoms. The van der Waals surface area contributed by atoms with E-state index in [9.17, 15) is 17.6 Å². The van der Waals surface area contributed by atoms with Crippen LogP contribution in [0.3, 0.4) is 0 Å². The van der Waals surface area contributed by atoms with E-state index in [-0.39, 0.29) is 6.61 Å². The summed E-state index contributed by atoms with van der Waals surface area (Å²) in [4.78, 5) is 0. The molecule has 0 bridgehead atoms. The number of aryl methyl sites for hydroxylation is 1. The third-order valence-electron chi connectivity index (χ3n) is 3.93. The van der Waals surface area contributed by atoms with Crippen molar-refractivity contribution in [2.75, 3.05) is 19.8 Å². The lowest BCUT2D eigenvalue weighted by atomic mass is 10.2. The molecule has 0 aliphatic rings. The molecule has 3 nitrogen and oxygen atoms in total. The molecule has 2 aromatic carbocycles. The molecule has 0 spiro atoms. The van der Waals surface area contributed by atoms with Crippen molar-refractivity contribution in [1.82, 2.24) is 0 Å².